The van der Waals surface area contributed by atoms with Gasteiger partial charge in [0.15, 0.2) is 0 Å². The molecular formula is C18H18N2S. The van der Waals surface area contributed by atoms with Crippen molar-refractivity contribution in [1.82, 2.24) is 4.98 Å². The van der Waals surface area contributed by atoms with Gasteiger partial charge < -0.3 is 5.73 Å². The molecule has 0 saturated heterocycles. The van der Waals surface area contributed by atoms with E-state index >= 15 is 0 Å². The number of benzene rings is 2. The Morgan fingerprint density at radius 3 is 2.43 bits per heavy atom. The highest BCUT2D eigenvalue weighted by molar-refractivity contribution is 7.13. The highest BCUT2D eigenvalue weighted by atomic mass is 32.1. The van der Waals surface area contributed by atoms with Crippen LogP contribution in [0.5, 0.6) is 0 Å². The molecule has 3 heteroatoms. The van der Waals surface area contributed by atoms with Crippen molar-refractivity contribution in [2.45, 2.75) is 19.8 Å². The number of nitrogen functional groups attached to an aromatic ring is 1. The Hall–Kier alpha value is -2.13. The van der Waals surface area contributed by atoms with E-state index in [-0.39, 0.29) is 0 Å². The molecule has 0 unspecified atom stereocenters. The zero-order valence-corrected chi connectivity index (χ0v) is 13.0. The first kappa shape index (κ1) is 13.8. The van der Waals surface area contributed by atoms with Gasteiger partial charge in [0.05, 0.1) is 5.69 Å². The van der Waals surface area contributed by atoms with Crippen LogP contribution >= 0.6 is 11.3 Å². The molecule has 1 heterocycles. The third-order valence-electron chi connectivity index (χ3n) is 3.51. The molecule has 2 nitrogen and oxygen atoms in total. The van der Waals surface area contributed by atoms with Crippen molar-refractivity contribution in [2.75, 3.05) is 5.73 Å². The third-order valence-corrected chi connectivity index (χ3v) is 4.40. The van der Waals surface area contributed by atoms with Gasteiger partial charge in [0.2, 0.25) is 0 Å². The smallest absolute Gasteiger partial charge is 0.124 e. The average molecular weight is 294 g/mol. The topological polar surface area (TPSA) is 38.9 Å². The van der Waals surface area contributed by atoms with Crippen molar-refractivity contribution in [3.63, 3.8) is 0 Å². The summed E-state index contributed by atoms with van der Waals surface area (Å²) in [7, 11) is 0. The largest absolute Gasteiger partial charge is 0.399 e. The number of aromatic nitrogens is 1. The van der Waals surface area contributed by atoms with Gasteiger partial charge in [0.25, 0.3) is 0 Å². The molecule has 0 aliphatic carbocycles. The predicted molar refractivity (Wildman–Crippen MR) is 91.5 cm³/mol. The van der Waals surface area contributed by atoms with Gasteiger partial charge in [-0.2, -0.15) is 0 Å². The summed E-state index contributed by atoms with van der Waals surface area (Å²) in [6.07, 6.45) is 0. The van der Waals surface area contributed by atoms with Crippen molar-refractivity contribution < 1.29 is 0 Å². The van der Waals surface area contributed by atoms with Crippen molar-refractivity contribution in [3.8, 4) is 21.8 Å². The van der Waals surface area contributed by atoms with Gasteiger partial charge in [-0.25, -0.2) is 4.98 Å². The van der Waals surface area contributed by atoms with Gasteiger partial charge >= 0.3 is 0 Å². The number of anilines is 1. The minimum absolute atomic E-state index is 0.553. The maximum atomic E-state index is 5.84. The zero-order valence-electron chi connectivity index (χ0n) is 12.2. The third kappa shape index (κ3) is 2.98. The second-order valence-electron chi connectivity index (χ2n) is 5.44. The van der Waals surface area contributed by atoms with Crippen LogP contribution in [0.4, 0.5) is 5.69 Å². The van der Waals surface area contributed by atoms with Crippen molar-refractivity contribution in [2.24, 2.45) is 0 Å². The van der Waals surface area contributed by atoms with E-state index < -0.39 is 0 Å². The molecule has 0 saturated carbocycles. The summed E-state index contributed by atoms with van der Waals surface area (Å²) in [6, 6.07) is 16.5. The molecule has 21 heavy (non-hydrogen) atoms. The Morgan fingerprint density at radius 1 is 1.00 bits per heavy atom. The number of rotatable bonds is 3. The lowest BCUT2D eigenvalue weighted by atomic mass is 10.0. The predicted octanol–water partition coefficient (Wildman–Crippen LogP) is 5.18. The number of nitrogens with two attached hydrogens (primary N) is 1. The molecule has 0 bridgehead atoms. The number of thiazole rings is 1. The van der Waals surface area contributed by atoms with E-state index in [1.807, 2.05) is 24.3 Å². The molecule has 2 N–H and O–H groups in total. The summed E-state index contributed by atoms with van der Waals surface area (Å²) in [6.45, 7) is 4.41. The fourth-order valence-electron chi connectivity index (χ4n) is 2.25. The second-order valence-corrected chi connectivity index (χ2v) is 6.30. The van der Waals surface area contributed by atoms with Crippen molar-refractivity contribution >= 4 is 17.0 Å². The van der Waals surface area contributed by atoms with Crippen LogP contribution in [0, 0.1) is 0 Å². The maximum Gasteiger partial charge on any atom is 0.124 e. The van der Waals surface area contributed by atoms with Gasteiger partial charge in [-0.05, 0) is 23.6 Å². The molecular weight excluding hydrogens is 276 g/mol. The Bertz CT molecular complexity index is 742. The zero-order chi connectivity index (χ0) is 14.8. The summed E-state index contributed by atoms with van der Waals surface area (Å²) in [5, 5.41) is 3.10. The lowest BCUT2D eigenvalue weighted by molar-refractivity contribution is 0.867. The number of nitrogens with zero attached hydrogens (tertiary/aromatic N) is 1. The molecule has 2 aromatic carbocycles. The minimum Gasteiger partial charge on any atom is -0.399 e. The molecule has 106 valence electrons. The fraction of sp³-hybridized carbons (Fsp3) is 0.167. The highest BCUT2D eigenvalue weighted by Gasteiger charge is 2.07. The Balaban J connectivity index is 1.91. The molecule has 0 fully saturated rings. The van der Waals surface area contributed by atoms with E-state index in [1.165, 1.54) is 5.56 Å². The van der Waals surface area contributed by atoms with Crippen LogP contribution < -0.4 is 5.73 Å². The molecule has 1 aromatic heterocycles. The van der Waals surface area contributed by atoms with E-state index in [4.69, 9.17) is 10.7 Å². The molecule has 0 aliphatic rings. The van der Waals surface area contributed by atoms with Gasteiger partial charge in [-0.3, -0.25) is 0 Å². The van der Waals surface area contributed by atoms with Crippen LogP contribution in [0.1, 0.15) is 25.3 Å². The van der Waals surface area contributed by atoms with E-state index in [0.717, 1.165) is 27.5 Å². The number of hydrogen-bond donors (Lipinski definition) is 1. The highest BCUT2D eigenvalue weighted by Crippen LogP contribution is 2.30. The molecule has 3 aromatic rings. The Labute approximate surface area is 129 Å². The van der Waals surface area contributed by atoms with E-state index in [9.17, 15) is 0 Å². The summed E-state index contributed by atoms with van der Waals surface area (Å²) in [4.78, 5) is 4.73. The Morgan fingerprint density at radius 2 is 1.76 bits per heavy atom. The summed E-state index contributed by atoms with van der Waals surface area (Å²) in [5.41, 5.74) is 11.2. The van der Waals surface area contributed by atoms with Crippen LogP contribution in [0.3, 0.4) is 0 Å². The summed E-state index contributed by atoms with van der Waals surface area (Å²) in [5.74, 6) is 0.553. The normalized spacial score (nSPS) is 11.0. The van der Waals surface area contributed by atoms with Crippen LogP contribution in [-0.4, -0.2) is 4.98 Å². The van der Waals surface area contributed by atoms with Gasteiger partial charge in [-0.1, -0.05) is 50.2 Å². The van der Waals surface area contributed by atoms with E-state index in [0.29, 0.717) is 5.92 Å². The molecule has 0 atom stereocenters. The van der Waals surface area contributed by atoms with E-state index in [2.05, 4.69) is 43.5 Å². The van der Waals surface area contributed by atoms with Crippen LogP contribution in [0.2, 0.25) is 0 Å². The standard InChI is InChI=1S/C18H18N2S/c1-12(2)13-6-8-14(9-7-13)17-11-21-18(20-17)15-4-3-5-16(19)10-15/h3-12H,19H2,1-2H3. The Kier molecular flexibility index (Phi) is 3.76. The second kappa shape index (κ2) is 5.70. The SMILES string of the molecule is CC(C)c1ccc(-c2csc(-c3cccc(N)c3)n2)cc1. The molecule has 0 aliphatic heterocycles. The van der Waals surface area contributed by atoms with Gasteiger partial charge in [0, 0.05) is 22.2 Å². The summed E-state index contributed by atoms with van der Waals surface area (Å²) >= 11 is 1.65. The summed E-state index contributed by atoms with van der Waals surface area (Å²) < 4.78 is 0. The molecule has 0 amide bonds. The molecule has 0 spiro atoms. The molecule has 3 rings (SSSR count). The monoisotopic (exact) mass is 294 g/mol. The van der Waals surface area contributed by atoms with Crippen LogP contribution in [-0.2, 0) is 0 Å². The van der Waals surface area contributed by atoms with Gasteiger partial charge in [-0.15, -0.1) is 11.3 Å². The lowest BCUT2D eigenvalue weighted by Gasteiger charge is -2.05. The average Bonchev–Trinajstić information content (AvgIpc) is 2.97. The molecule has 0 radical (unpaired) electrons. The minimum atomic E-state index is 0.553. The number of hydrogen-bond acceptors (Lipinski definition) is 3. The van der Waals surface area contributed by atoms with E-state index in [1.54, 1.807) is 11.3 Å². The van der Waals surface area contributed by atoms with Crippen LogP contribution in [0.25, 0.3) is 21.8 Å². The first-order valence-corrected chi connectivity index (χ1v) is 7.93. The van der Waals surface area contributed by atoms with Gasteiger partial charge in [0.1, 0.15) is 5.01 Å². The van der Waals surface area contributed by atoms with Crippen molar-refractivity contribution in [1.29, 1.82) is 0 Å². The first-order valence-electron chi connectivity index (χ1n) is 7.05. The lowest BCUT2D eigenvalue weighted by Crippen LogP contribution is -1.87. The fourth-order valence-corrected chi connectivity index (χ4v) is 3.08. The first-order chi connectivity index (χ1) is 10.1. The quantitative estimate of drug-likeness (QED) is 0.676. The van der Waals surface area contributed by atoms with Crippen molar-refractivity contribution in [3.05, 3.63) is 59.5 Å². The maximum absolute atomic E-state index is 5.84. The van der Waals surface area contributed by atoms with Crippen LogP contribution in [0.15, 0.2) is 53.9 Å².